The first-order valence-electron chi connectivity index (χ1n) is 6.60. The summed E-state index contributed by atoms with van der Waals surface area (Å²) in [5, 5.41) is 4.92. The summed E-state index contributed by atoms with van der Waals surface area (Å²) in [6, 6.07) is 5.56. The highest BCUT2D eigenvalue weighted by atomic mass is 35.5. The molecule has 0 radical (unpaired) electrons. The fourth-order valence-corrected chi connectivity index (χ4v) is 2.94. The van der Waals surface area contributed by atoms with Gasteiger partial charge in [-0.25, -0.2) is 0 Å². The molecule has 1 aromatic carbocycles. The molecule has 0 aliphatic rings. The van der Waals surface area contributed by atoms with Crippen molar-refractivity contribution in [1.82, 2.24) is 5.32 Å². The van der Waals surface area contributed by atoms with E-state index in [1.807, 2.05) is 25.1 Å². The number of rotatable bonds is 10. The molecule has 1 N–H and O–H groups in total. The predicted octanol–water partition coefficient (Wildman–Crippen LogP) is 4.49. The number of halogens is 2. The SMILES string of the molecule is CCOCCCCNCCSc1cc(Cl)ccc1Cl. The van der Waals surface area contributed by atoms with Gasteiger partial charge >= 0.3 is 0 Å². The third-order valence-corrected chi connectivity index (χ3v) is 4.26. The molecular formula is C14H21Cl2NOS. The Labute approximate surface area is 130 Å². The summed E-state index contributed by atoms with van der Waals surface area (Å²) >= 11 is 13.8. The van der Waals surface area contributed by atoms with Crippen LogP contribution in [0.4, 0.5) is 0 Å². The van der Waals surface area contributed by atoms with Gasteiger partial charge in [0.05, 0.1) is 5.02 Å². The number of nitrogens with one attached hydrogen (secondary N) is 1. The van der Waals surface area contributed by atoms with E-state index >= 15 is 0 Å². The van der Waals surface area contributed by atoms with Crippen molar-refractivity contribution in [3.63, 3.8) is 0 Å². The zero-order valence-electron chi connectivity index (χ0n) is 11.3. The molecule has 5 heteroatoms. The normalized spacial score (nSPS) is 10.9. The van der Waals surface area contributed by atoms with Crippen LogP contribution in [0.2, 0.25) is 10.0 Å². The Morgan fingerprint density at radius 1 is 1.21 bits per heavy atom. The molecule has 0 unspecified atom stereocenters. The predicted molar refractivity (Wildman–Crippen MR) is 85.8 cm³/mol. The second-order valence-electron chi connectivity index (χ2n) is 4.08. The van der Waals surface area contributed by atoms with E-state index in [4.69, 9.17) is 27.9 Å². The van der Waals surface area contributed by atoms with Crippen LogP contribution in [-0.4, -0.2) is 32.1 Å². The Morgan fingerprint density at radius 3 is 2.84 bits per heavy atom. The maximum absolute atomic E-state index is 6.09. The van der Waals surface area contributed by atoms with Gasteiger partial charge in [0.1, 0.15) is 0 Å². The Bertz CT molecular complexity index is 363. The zero-order chi connectivity index (χ0) is 13.9. The molecule has 0 aliphatic carbocycles. The lowest BCUT2D eigenvalue weighted by Crippen LogP contribution is -2.18. The van der Waals surface area contributed by atoms with Crippen LogP contribution in [0.3, 0.4) is 0 Å². The maximum atomic E-state index is 6.09. The van der Waals surface area contributed by atoms with Crippen LogP contribution >= 0.6 is 35.0 Å². The molecule has 19 heavy (non-hydrogen) atoms. The van der Waals surface area contributed by atoms with Gasteiger partial charge in [0, 0.05) is 35.4 Å². The van der Waals surface area contributed by atoms with E-state index in [2.05, 4.69) is 5.32 Å². The Hall–Kier alpha value is 0.0700. The van der Waals surface area contributed by atoms with Crippen LogP contribution in [0.25, 0.3) is 0 Å². The van der Waals surface area contributed by atoms with Gasteiger partial charge in [0.2, 0.25) is 0 Å². The molecule has 1 aromatic rings. The van der Waals surface area contributed by atoms with Gasteiger partial charge in [-0.1, -0.05) is 23.2 Å². The van der Waals surface area contributed by atoms with Crippen molar-refractivity contribution in [2.24, 2.45) is 0 Å². The van der Waals surface area contributed by atoms with E-state index < -0.39 is 0 Å². The van der Waals surface area contributed by atoms with E-state index in [-0.39, 0.29) is 0 Å². The summed E-state index contributed by atoms with van der Waals surface area (Å²) < 4.78 is 5.28. The second kappa shape index (κ2) is 10.8. The van der Waals surface area contributed by atoms with Crippen molar-refractivity contribution in [1.29, 1.82) is 0 Å². The quantitative estimate of drug-likeness (QED) is 0.506. The molecule has 0 saturated carbocycles. The molecule has 0 saturated heterocycles. The Kier molecular flexibility index (Phi) is 9.74. The summed E-state index contributed by atoms with van der Waals surface area (Å²) in [5.74, 6) is 0.992. The molecule has 0 atom stereocenters. The highest BCUT2D eigenvalue weighted by Gasteiger charge is 2.01. The Morgan fingerprint density at radius 2 is 2.05 bits per heavy atom. The zero-order valence-corrected chi connectivity index (χ0v) is 13.6. The van der Waals surface area contributed by atoms with E-state index in [1.165, 1.54) is 0 Å². The van der Waals surface area contributed by atoms with Gasteiger partial charge in [0.25, 0.3) is 0 Å². The summed E-state index contributed by atoms with van der Waals surface area (Å²) in [6.07, 6.45) is 2.27. The monoisotopic (exact) mass is 321 g/mol. The summed E-state index contributed by atoms with van der Waals surface area (Å²) in [7, 11) is 0. The standard InChI is InChI=1S/C14H21Cl2NOS/c1-2-18-9-4-3-7-17-8-10-19-14-11-12(15)5-6-13(14)16/h5-6,11,17H,2-4,7-10H2,1H3. The van der Waals surface area contributed by atoms with Gasteiger partial charge < -0.3 is 10.1 Å². The lowest BCUT2D eigenvalue weighted by atomic mass is 10.3. The molecule has 108 valence electrons. The highest BCUT2D eigenvalue weighted by Crippen LogP contribution is 2.29. The second-order valence-corrected chi connectivity index (χ2v) is 6.06. The molecule has 0 amide bonds. The van der Waals surface area contributed by atoms with E-state index in [0.717, 1.165) is 59.8 Å². The molecular weight excluding hydrogens is 301 g/mol. The summed E-state index contributed by atoms with van der Waals surface area (Å²) in [6.45, 7) is 5.71. The van der Waals surface area contributed by atoms with Crippen molar-refractivity contribution < 1.29 is 4.74 Å². The first kappa shape index (κ1) is 17.1. The van der Waals surface area contributed by atoms with Crippen LogP contribution in [0.5, 0.6) is 0 Å². The third-order valence-electron chi connectivity index (χ3n) is 2.53. The average molecular weight is 322 g/mol. The van der Waals surface area contributed by atoms with Crippen LogP contribution < -0.4 is 5.32 Å². The van der Waals surface area contributed by atoms with Crippen LogP contribution in [-0.2, 0) is 4.74 Å². The van der Waals surface area contributed by atoms with Gasteiger partial charge in [-0.3, -0.25) is 0 Å². The first-order valence-corrected chi connectivity index (χ1v) is 8.34. The number of hydrogen-bond donors (Lipinski definition) is 1. The minimum atomic E-state index is 0.732. The topological polar surface area (TPSA) is 21.3 Å². The minimum absolute atomic E-state index is 0.732. The van der Waals surface area contributed by atoms with Crippen LogP contribution in [0.15, 0.2) is 23.1 Å². The molecule has 0 spiro atoms. The Balaban J connectivity index is 2.03. The van der Waals surface area contributed by atoms with Crippen molar-refractivity contribution in [3.05, 3.63) is 28.2 Å². The van der Waals surface area contributed by atoms with Gasteiger partial charge in [-0.15, -0.1) is 11.8 Å². The van der Waals surface area contributed by atoms with Crippen molar-refractivity contribution in [2.75, 3.05) is 32.1 Å². The largest absolute Gasteiger partial charge is 0.382 e. The van der Waals surface area contributed by atoms with E-state index in [0.29, 0.717) is 0 Å². The maximum Gasteiger partial charge on any atom is 0.0542 e. The number of ether oxygens (including phenoxy) is 1. The third kappa shape index (κ3) is 8.05. The van der Waals surface area contributed by atoms with Crippen molar-refractivity contribution in [3.8, 4) is 0 Å². The number of thioether (sulfide) groups is 1. The van der Waals surface area contributed by atoms with Crippen LogP contribution in [0.1, 0.15) is 19.8 Å². The van der Waals surface area contributed by atoms with Crippen molar-refractivity contribution in [2.45, 2.75) is 24.7 Å². The first-order chi connectivity index (χ1) is 9.24. The molecule has 0 heterocycles. The molecule has 0 bridgehead atoms. The molecule has 0 aliphatic heterocycles. The lowest BCUT2D eigenvalue weighted by molar-refractivity contribution is 0.143. The molecule has 2 nitrogen and oxygen atoms in total. The molecule has 0 aromatic heterocycles. The van der Waals surface area contributed by atoms with Gasteiger partial charge in [-0.2, -0.15) is 0 Å². The van der Waals surface area contributed by atoms with E-state index in [9.17, 15) is 0 Å². The minimum Gasteiger partial charge on any atom is -0.382 e. The number of benzene rings is 1. The fourth-order valence-electron chi connectivity index (χ4n) is 1.54. The average Bonchev–Trinajstić information content (AvgIpc) is 2.40. The molecule has 0 fully saturated rings. The number of unbranched alkanes of at least 4 members (excludes halogenated alkanes) is 1. The number of hydrogen-bond acceptors (Lipinski definition) is 3. The van der Waals surface area contributed by atoms with Gasteiger partial charge in [-0.05, 0) is 44.5 Å². The lowest BCUT2D eigenvalue weighted by Gasteiger charge is -2.06. The van der Waals surface area contributed by atoms with E-state index in [1.54, 1.807) is 11.8 Å². The molecule has 1 rings (SSSR count). The summed E-state index contributed by atoms with van der Waals surface area (Å²) in [5.41, 5.74) is 0. The summed E-state index contributed by atoms with van der Waals surface area (Å²) in [4.78, 5) is 1.05. The smallest absolute Gasteiger partial charge is 0.0542 e. The van der Waals surface area contributed by atoms with Crippen LogP contribution in [0, 0.1) is 0 Å². The highest BCUT2D eigenvalue weighted by molar-refractivity contribution is 7.99. The van der Waals surface area contributed by atoms with Crippen molar-refractivity contribution >= 4 is 35.0 Å². The fraction of sp³-hybridized carbons (Fsp3) is 0.571. The van der Waals surface area contributed by atoms with Gasteiger partial charge in [0.15, 0.2) is 0 Å².